The molecule has 0 saturated carbocycles. The molecular weight excluding hydrogens is 396 g/mol. The van der Waals surface area contributed by atoms with Crippen molar-refractivity contribution in [3.63, 3.8) is 0 Å². The second-order valence-electron chi connectivity index (χ2n) is 9.85. The first-order chi connectivity index (χ1) is 14.2. The van der Waals surface area contributed by atoms with Gasteiger partial charge in [0.2, 0.25) is 0 Å². The smallest absolute Gasteiger partial charge is 0.162 e. The molecule has 0 aromatic rings. The minimum Gasteiger partial charge on any atom is -0.376 e. The standard InChI is InChI=1S/C7H16O2.C7H14O.C6H12O.C5H12O2/c1-5-8-7(3,4)9-6-2;1-7(2)5-3-4-6-8-7;1-6(2)4-3-5-7-6;1-5(2,6-3)7-4/h5-6H2,1-4H3;3-6H2,1-2H3;3-5H2,1-2H3;1-4H3. The van der Waals surface area contributed by atoms with Crippen LogP contribution in [0.2, 0.25) is 0 Å². The zero-order valence-electron chi connectivity index (χ0n) is 22.8. The molecule has 2 rings (SSSR count). The van der Waals surface area contributed by atoms with Gasteiger partial charge in [0.1, 0.15) is 0 Å². The Hall–Kier alpha value is -0.240. The summed E-state index contributed by atoms with van der Waals surface area (Å²) < 4.78 is 31.0. The topological polar surface area (TPSA) is 55.4 Å². The van der Waals surface area contributed by atoms with E-state index in [0.717, 1.165) is 13.2 Å². The fraction of sp³-hybridized carbons (Fsp3) is 1.00. The van der Waals surface area contributed by atoms with Crippen LogP contribution in [0.15, 0.2) is 0 Å². The number of ether oxygens (including phenoxy) is 6. The summed E-state index contributed by atoms with van der Waals surface area (Å²) in [5, 5.41) is 0. The summed E-state index contributed by atoms with van der Waals surface area (Å²) in [6.07, 6.45) is 6.30. The van der Waals surface area contributed by atoms with Crippen LogP contribution in [-0.2, 0) is 28.4 Å². The largest absolute Gasteiger partial charge is 0.376 e. The number of hydrogen-bond acceptors (Lipinski definition) is 6. The molecule has 0 amide bonds. The average molecular weight is 451 g/mol. The molecule has 0 N–H and O–H groups in total. The molecule has 6 heteroatoms. The minimum atomic E-state index is -0.417. The van der Waals surface area contributed by atoms with Gasteiger partial charge in [-0.3, -0.25) is 0 Å². The highest BCUT2D eigenvalue weighted by molar-refractivity contribution is 4.73. The van der Waals surface area contributed by atoms with Crippen molar-refractivity contribution in [2.75, 3.05) is 40.6 Å². The zero-order chi connectivity index (χ0) is 24.6. The van der Waals surface area contributed by atoms with Gasteiger partial charge in [0.25, 0.3) is 0 Å². The molecule has 6 nitrogen and oxygen atoms in total. The van der Waals surface area contributed by atoms with Crippen molar-refractivity contribution in [3.8, 4) is 0 Å². The van der Waals surface area contributed by atoms with E-state index in [1.807, 2.05) is 41.5 Å². The first-order valence-corrected chi connectivity index (χ1v) is 11.8. The van der Waals surface area contributed by atoms with E-state index >= 15 is 0 Å². The molecule has 31 heavy (non-hydrogen) atoms. The fourth-order valence-electron chi connectivity index (χ4n) is 2.81. The fourth-order valence-corrected chi connectivity index (χ4v) is 2.81. The van der Waals surface area contributed by atoms with Crippen LogP contribution in [0.1, 0.15) is 101 Å². The van der Waals surface area contributed by atoms with Crippen LogP contribution < -0.4 is 0 Å². The summed E-state index contributed by atoms with van der Waals surface area (Å²) in [4.78, 5) is 0. The van der Waals surface area contributed by atoms with Crippen LogP contribution >= 0.6 is 0 Å². The van der Waals surface area contributed by atoms with Gasteiger partial charge in [0.05, 0.1) is 11.2 Å². The monoisotopic (exact) mass is 450 g/mol. The Bertz CT molecular complexity index is 386. The van der Waals surface area contributed by atoms with E-state index in [2.05, 4.69) is 27.7 Å². The third-order valence-electron chi connectivity index (χ3n) is 5.05. The Kier molecular flexibility index (Phi) is 17.4. The first kappa shape index (κ1) is 32.9. The van der Waals surface area contributed by atoms with Gasteiger partial charge in [-0.25, -0.2) is 0 Å². The van der Waals surface area contributed by atoms with Crippen molar-refractivity contribution in [1.29, 1.82) is 0 Å². The van der Waals surface area contributed by atoms with Crippen LogP contribution in [0.25, 0.3) is 0 Å². The van der Waals surface area contributed by atoms with Crippen LogP contribution in [0, 0.1) is 0 Å². The van der Waals surface area contributed by atoms with Gasteiger partial charge in [0.15, 0.2) is 11.6 Å². The van der Waals surface area contributed by atoms with E-state index in [0.29, 0.717) is 13.2 Å². The van der Waals surface area contributed by atoms with Gasteiger partial charge in [-0.15, -0.1) is 0 Å². The molecule has 2 saturated heterocycles. The van der Waals surface area contributed by atoms with Gasteiger partial charge in [-0.2, -0.15) is 0 Å². The van der Waals surface area contributed by atoms with Crippen LogP contribution in [0.5, 0.6) is 0 Å². The molecular formula is C25H54O6. The molecule has 190 valence electrons. The molecule has 0 unspecified atom stereocenters. The van der Waals surface area contributed by atoms with E-state index in [-0.39, 0.29) is 11.2 Å². The normalized spacial score (nSPS) is 19.7. The predicted molar refractivity (Wildman–Crippen MR) is 129 cm³/mol. The zero-order valence-corrected chi connectivity index (χ0v) is 22.8. The summed E-state index contributed by atoms with van der Waals surface area (Å²) in [5.74, 6) is -0.816. The summed E-state index contributed by atoms with van der Waals surface area (Å²) in [6.45, 7) is 23.4. The Morgan fingerprint density at radius 2 is 1.03 bits per heavy atom. The van der Waals surface area contributed by atoms with Crippen molar-refractivity contribution in [2.24, 2.45) is 0 Å². The molecule has 0 atom stereocenters. The first-order valence-electron chi connectivity index (χ1n) is 11.8. The van der Waals surface area contributed by atoms with Crippen LogP contribution in [0.4, 0.5) is 0 Å². The van der Waals surface area contributed by atoms with E-state index in [1.165, 1.54) is 32.1 Å². The van der Waals surface area contributed by atoms with E-state index in [1.54, 1.807) is 14.2 Å². The number of rotatable bonds is 6. The predicted octanol–water partition coefficient (Wildman–Crippen LogP) is 6.35. The van der Waals surface area contributed by atoms with Gasteiger partial charge in [0, 0.05) is 40.6 Å². The Balaban J connectivity index is 0. The summed E-state index contributed by atoms with van der Waals surface area (Å²) in [7, 11) is 3.23. The maximum atomic E-state index is 5.47. The van der Waals surface area contributed by atoms with Gasteiger partial charge >= 0.3 is 0 Å². The molecule has 2 aliphatic heterocycles. The summed E-state index contributed by atoms with van der Waals surface area (Å²) >= 11 is 0. The highest BCUT2D eigenvalue weighted by Crippen LogP contribution is 2.23. The molecule has 0 aromatic heterocycles. The third-order valence-corrected chi connectivity index (χ3v) is 5.05. The summed E-state index contributed by atoms with van der Waals surface area (Å²) in [6, 6.07) is 0. The van der Waals surface area contributed by atoms with Crippen LogP contribution in [0.3, 0.4) is 0 Å². The molecule has 0 aromatic carbocycles. The second kappa shape index (κ2) is 16.4. The molecule has 2 aliphatic rings. The van der Waals surface area contributed by atoms with Crippen molar-refractivity contribution in [3.05, 3.63) is 0 Å². The maximum Gasteiger partial charge on any atom is 0.162 e. The van der Waals surface area contributed by atoms with Gasteiger partial charge in [-0.1, -0.05) is 0 Å². The number of methoxy groups -OCH3 is 2. The van der Waals surface area contributed by atoms with Crippen molar-refractivity contribution in [2.45, 2.75) is 124 Å². The summed E-state index contributed by atoms with van der Waals surface area (Å²) in [5.41, 5.74) is 0.373. The quantitative estimate of drug-likeness (QED) is 0.439. The van der Waals surface area contributed by atoms with Crippen LogP contribution in [-0.4, -0.2) is 63.4 Å². The molecule has 0 spiro atoms. The molecule has 2 fully saturated rings. The maximum absolute atomic E-state index is 5.47. The van der Waals surface area contributed by atoms with Crippen molar-refractivity contribution >= 4 is 0 Å². The Labute approximate surface area is 193 Å². The van der Waals surface area contributed by atoms with Gasteiger partial charge < -0.3 is 28.4 Å². The lowest BCUT2D eigenvalue weighted by molar-refractivity contribution is -0.207. The highest BCUT2D eigenvalue weighted by atomic mass is 16.7. The Morgan fingerprint density at radius 3 is 1.19 bits per heavy atom. The third kappa shape index (κ3) is 21.4. The minimum absolute atomic E-state index is 0.179. The SMILES string of the molecule is CC1(C)CCCCO1.CC1(C)CCCO1.CCOC(C)(C)OCC.COC(C)(C)OC. The molecule has 0 radical (unpaired) electrons. The van der Waals surface area contributed by atoms with E-state index in [4.69, 9.17) is 28.4 Å². The molecule has 0 aliphatic carbocycles. The second-order valence-corrected chi connectivity index (χ2v) is 9.85. The lowest BCUT2D eigenvalue weighted by atomic mass is 9.99. The van der Waals surface area contributed by atoms with Crippen molar-refractivity contribution in [1.82, 2.24) is 0 Å². The lowest BCUT2D eigenvalue weighted by Crippen LogP contribution is -2.28. The van der Waals surface area contributed by atoms with Gasteiger partial charge in [-0.05, 0) is 101 Å². The molecule has 0 bridgehead atoms. The average Bonchev–Trinajstić information content (AvgIpc) is 3.07. The molecule has 2 heterocycles. The van der Waals surface area contributed by atoms with E-state index in [9.17, 15) is 0 Å². The van der Waals surface area contributed by atoms with Crippen molar-refractivity contribution < 1.29 is 28.4 Å². The highest BCUT2D eigenvalue weighted by Gasteiger charge is 2.23. The Morgan fingerprint density at radius 1 is 0.645 bits per heavy atom. The lowest BCUT2D eigenvalue weighted by Gasteiger charge is -2.29. The van der Waals surface area contributed by atoms with E-state index < -0.39 is 11.6 Å². The number of hydrogen-bond donors (Lipinski definition) is 0.